The molecule has 0 aliphatic carbocycles. The van der Waals surface area contributed by atoms with E-state index in [9.17, 15) is 0 Å². The smallest absolute Gasteiger partial charge is 0.135 e. The van der Waals surface area contributed by atoms with Crippen molar-refractivity contribution in [3.05, 3.63) is 71.8 Å². The van der Waals surface area contributed by atoms with E-state index in [0.29, 0.717) is 13.2 Å². The third-order valence-electron chi connectivity index (χ3n) is 6.39. The Balaban J connectivity index is 2.06. The molecule has 0 saturated carbocycles. The molecule has 0 N–H and O–H groups in total. The summed E-state index contributed by atoms with van der Waals surface area (Å²) in [5.41, 5.74) is 2.62. The molecule has 0 saturated heterocycles. The highest BCUT2D eigenvalue weighted by molar-refractivity contribution is 6.11. The molecule has 34 heavy (non-hydrogen) atoms. The van der Waals surface area contributed by atoms with Gasteiger partial charge in [-0.2, -0.15) is 0 Å². The molecule has 0 aliphatic rings. The molecule has 0 heterocycles. The highest BCUT2D eigenvalue weighted by Gasteiger charge is 2.17. The molecule has 3 rings (SSSR count). The standard InChI is InChI=1S/C32H42O2/c1-5-9-11-13-15-21-33-31-27-19-17-26(8-4)24-30(27)32(34-22-16-14-12-10-6-2)28-20-18-25(7-3)23-29(28)31/h13-20,23-24H,5-12,21-22H2,1-4H3/b15-13+,16-14+. The van der Waals surface area contributed by atoms with Crippen LogP contribution in [0.3, 0.4) is 0 Å². The van der Waals surface area contributed by atoms with Crippen LogP contribution in [0.2, 0.25) is 0 Å². The van der Waals surface area contributed by atoms with Crippen molar-refractivity contribution in [2.75, 3.05) is 13.2 Å². The average Bonchev–Trinajstić information content (AvgIpc) is 2.87. The Labute approximate surface area is 206 Å². The van der Waals surface area contributed by atoms with Gasteiger partial charge in [0.2, 0.25) is 0 Å². The second-order valence-electron chi connectivity index (χ2n) is 8.97. The molecule has 0 amide bonds. The van der Waals surface area contributed by atoms with Gasteiger partial charge in [0.1, 0.15) is 24.7 Å². The minimum atomic E-state index is 0.583. The quantitative estimate of drug-likeness (QED) is 0.136. The molecule has 3 aromatic rings. The highest BCUT2D eigenvalue weighted by Crippen LogP contribution is 2.43. The zero-order valence-electron chi connectivity index (χ0n) is 21.7. The first kappa shape index (κ1) is 25.9. The first-order valence-electron chi connectivity index (χ1n) is 13.3. The Kier molecular flexibility index (Phi) is 10.5. The molecule has 182 valence electrons. The van der Waals surface area contributed by atoms with Crippen molar-refractivity contribution in [3.8, 4) is 11.5 Å². The van der Waals surface area contributed by atoms with Crippen LogP contribution in [0.5, 0.6) is 11.5 Å². The zero-order valence-corrected chi connectivity index (χ0v) is 21.7. The maximum absolute atomic E-state index is 6.45. The maximum atomic E-state index is 6.45. The molecule has 0 spiro atoms. The van der Waals surface area contributed by atoms with Crippen molar-refractivity contribution in [3.63, 3.8) is 0 Å². The van der Waals surface area contributed by atoms with E-state index < -0.39 is 0 Å². The van der Waals surface area contributed by atoms with Crippen LogP contribution in [0.25, 0.3) is 21.5 Å². The molecule has 2 heteroatoms. The summed E-state index contributed by atoms with van der Waals surface area (Å²) in [6, 6.07) is 13.4. The topological polar surface area (TPSA) is 18.5 Å². The van der Waals surface area contributed by atoms with Gasteiger partial charge in [0.25, 0.3) is 0 Å². The van der Waals surface area contributed by atoms with Crippen LogP contribution in [0.1, 0.15) is 77.3 Å². The van der Waals surface area contributed by atoms with E-state index in [2.05, 4.69) is 88.4 Å². The lowest BCUT2D eigenvalue weighted by molar-refractivity contribution is 0.365. The molecule has 2 nitrogen and oxygen atoms in total. The van der Waals surface area contributed by atoms with Crippen LogP contribution in [0.4, 0.5) is 0 Å². The van der Waals surface area contributed by atoms with Crippen LogP contribution < -0.4 is 9.47 Å². The number of fused-ring (bicyclic) bond motifs is 2. The molecule has 0 aromatic heterocycles. The van der Waals surface area contributed by atoms with Gasteiger partial charge in [0, 0.05) is 21.5 Å². The maximum Gasteiger partial charge on any atom is 0.135 e. The van der Waals surface area contributed by atoms with Crippen molar-refractivity contribution in [1.82, 2.24) is 0 Å². The van der Waals surface area contributed by atoms with E-state index in [4.69, 9.17) is 9.47 Å². The van der Waals surface area contributed by atoms with Gasteiger partial charge >= 0.3 is 0 Å². The largest absolute Gasteiger partial charge is 0.488 e. The summed E-state index contributed by atoms with van der Waals surface area (Å²) in [6.45, 7) is 10.0. The van der Waals surface area contributed by atoms with Gasteiger partial charge in [-0.25, -0.2) is 0 Å². The van der Waals surface area contributed by atoms with E-state index in [0.717, 1.165) is 58.7 Å². The van der Waals surface area contributed by atoms with Gasteiger partial charge in [-0.05, 0) is 48.9 Å². The van der Waals surface area contributed by atoms with E-state index >= 15 is 0 Å². The number of allylic oxidation sites excluding steroid dienone is 2. The molecule has 0 aliphatic heterocycles. The van der Waals surface area contributed by atoms with Gasteiger partial charge < -0.3 is 9.47 Å². The van der Waals surface area contributed by atoms with Crippen LogP contribution in [0.15, 0.2) is 60.7 Å². The number of rotatable bonds is 14. The van der Waals surface area contributed by atoms with Crippen molar-refractivity contribution in [1.29, 1.82) is 0 Å². The molecular weight excluding hydrogens is 416 g/mol. The predicted molar refractivity (Wildman–Crippen MR) is 149 cm³/mol. The van der Waals surface area contributed by atoms with Crippen LogP contribution in [-0.4, -0.2) is 13.2 Å². The number of unbranched alkanes of at least 4 members (excludes halogenated alkanes) is 4. The van der Waals surface area contributed by atoms with Gasteiger partial charge in [-0.15, -0.1) is 0 Å². The Bertz CT molecular complexity index is 1020. The van der Waals surface area contributed by atoms with Gasteiger partial charge in [-0.3, -0.25) is 0 Å². The number of aryl methyl sites for hydroxylation is 2. The molecule has 0 bridgehead atoms. The summed E-state index contributed by atoms with van der Waals surface area (Å²) < 4.78 is 12.9. The fraction of sp³-hybridized carbons (Fsp3) is 0.438. The van der Waals surface area contributed by atoms with Crippen molar-refractivity contribution in [2.45, 2.75) is 79.1 Å². The lowest BCUT2D eigenvalue weighted by Gasteiger charge is -2.18. The fourth-order valence-electron chi connectivity index (χ4n) is 4.27. The highest BCUT2D eigenvalue weighted by atomic mass is 16.5. The zero-order chi connectivity index (χ0) is 24.2. The minimum Gasteiger partial charge on any atom is -0.488 e. The molecular formula is C32H42O2. The Morgan fingerprint density at radius 1 is 0.559 bits per heavy atom. The van der Waals surface area contributed by atoms with Crippen molar-refractivity contribution in [2.24, 2.45) is 0 Å². The number of hydrogen-bond acceptors (Lipinski definition) is 2. The molecule has 0 fully saturated rings. The summed E-state index contributed by atoms with van der Waals surface area (Å²) in [4.78, 5) is 0. The average molecular weight is 459 g/mol. The van der Waals surface area contributed by atoms with Gasteiger partial charge in [0.05, 0.1) is 0 Å². The monoisotopic (exact) mass is 458 g/mol. The second-order valence-corrected chi connectivity index (χ2v) is 8.97. The van der Waals surface area contributed by atoms with E-state index in [-0.39, 0.29) is 0 Å². The normalized spacial score (nSPS) is 11.9. The van der Waals surface area contributed by atoms with E-state index in [1.54, 1.807) is 0 Å². The van der Waals surface area contributed by atoms with E-state index in [1.807, 2.05) is 0 Å². The van der Waals surface area contributed by atoms with Crippen LogP contribution >= 0.6 is 0 Å². The first-order chi connectivity index (χ1) is 16.7. The Morgan fingerprint density at radius 3 is 1.38 bits per heavy atom. The molecule has 3 aromatic carbocycles. The summed E-state index contributed by atoms with van der Waals surface area (Å²) >= 11 is 0. The first-order valence-corrected chi connectivity index (χ1v) is 13.3. The van der Waals surface area contributed by atoms with Crippen LogP contribution in [-0.2, 0) is 12.8 Å². The minimum absolute atomic E-state index is 0.583. The second kappa shape index (κ2) is 13.8. The predicted octanol–water partition coefficient (Wildman–Crippen LogP) is 9.37. The Morgan fingerprint density at radius 2 is 1.00 bits per heavy atom. The lowest BCUT2D eigenvalue weighted by Crippen LogP contribution is -2.01. The summed E-state index contributed by atoms with van der Waals surface area (Å²) in [7, 11) is 0. The summed E-state index contributed by atoms with van der Waals surface area (Å²) in [5, 5.41) is 4.54. The SMILES string of the molecule is CCCC/C=C/COc1c2ccc(CC)cc2c(OC/C=C/CCCC)c2ccc(CC)cc12. The number of hydrogen-bond donors (Lipinski definition) is 0. The van der Waals surface area contributed by atoms with Gasteiger partial charge in [0.15, 0.2) is 0 Å². The van der Waals surface area contributed by atoms with E-state index in [1.165, 1.54) is 36.8 Å². The molecule has 0 atom stereocenters. The van der Waals surface area contributed by atoms with Crippen molar-refractivity contribution >= 4 is 21.5 Å². The summed E-state index contributed by atoms with van der Waals surface area (Å²) in [6.07, 6.45) is 17.9. The van der Waals surface area contributed by atoms with Crippen LogP contribution in [0, 0.1) is 0 Å². The molecule has 0 radical (unpaired) electrons. The third-order valence-corrected chi connectivity index (χ3v) is 6.39. The van der Waals surface area contributed by atoms with Crippen molar-refractivity contribution < 1.29 is 9.47 Å². The molecule has 0 unspecified atom stereocenters. The fourth-order valence-corrected chi connectivity index (χ4v) is 4.27. The third kappa shape index (κ3) is 6.65. The Hall–Kier alpha value is -2.74. The number of benzene rings is 3. The van der Waals surface area contributed by atoms with Gasteiger partial charge in [-0.1, -0.05) is 102 Å². The number of ether oxygens (including phenoxy) is 2. The lowest BCUT2D eigenvalue weighted by atomic mass is 9.96. The summed E-state index contributed by atoms with van der Waals surface area (Å²) in [5.74, 6) is 1.93.